The van der Waals surface area contributed by atoms with Crippen LogP contribution >= 0.6 is 0 Å². The number of likely N-dealkylation sites (tertiary alicyclic amines) is 1. The molecule has 0 unspecified atom stereocenters. The number of likely N-dealkylation sites (N-methyl/N-ethyl adjacent to an activating group) is 1. The van der Waals surface area contributed by atoms with Crippen LogP contribution in [0.1, 0.15) is 39.7 Å². The van der Waals surface area contributed by atoms with Gasteiger partial charge in [0.25, 0.3) is 0 Å². The lowest BCUT2D eigenvalue weighted by molar-refractivity contribution is -0.109. The van der Waals surface area contributed by atoms with E-state index in [2.05, 4.69) is 51.8 Å². The molecular formula is C17H27NO. The first kappa shape index (κ1) is 14.5. The van der Waals surface area contributed by atoms with Crippen LogP contribution < -0.4 is 0 Å². The Morgan fingerprint density at radius 1 is 1.21 bits per heavy atom. The van der Waals surface area contributed by atoms with Crippen LogP contribution in [0.25, 0.3) is 0 Å². The first-order valence-corrected chi connectivity index (χ1v) is 7.23. The van der Waals surface area contributed by atoms with Gasteiger partial charge in [-0.15, -0.1) is 0 Å². The molecule has 0 spiro atoms. The van der Waals surface area contributed by atoms with E-state index >= 15 is 0 Å². The fourth-order valence-electron chi connectivity index (χ4n) is 3.15. The van der Waals surface area contributed by atoms with Crippen LogP contribution in [0.3, 0.4) is 0 Å². The van der Waals surface area contributed by atoms with Crippen molar-refractivity contribution in [3.8, 4) is 0 Å². The zero-order valence-corrected chi connectivity index (χ0v) is 12.9. The summed E-state index contributed by atoms with van der Waals surface area (Å²) >= 11 is 0. The van der Waals surface area contributed by atoms with Crippen molar-refractivity contribution in [3.63, 3.8) is 0 Å². The molecule has 2 heteroatoms. The number of aliphatic hydroxyl groups is 1. The molecule has 3 atom stereocenters. The quantitative estimate of drug-likeness (QED) is 0.839. The minimum absolute atomic E-state index is 0.147. The number of piperidine rings is 1. The number of nitrogens with zero attached hydrogens (tertiary/aromatic N) is 1. The second-order valence-corrected chi connectivity index (χ2v) is 7.17. The molecule has 2 nitrogen and oxygen atoms in total. The Labute approximate surface area is 117 Å². The van der Waals surface area contributed by atoms with Crippen molar-refractivity contribution in [1.29, 1.82) is 0 Å². The molecule has 1 fully saturated rings. The van der Waals surface area contributed by atoms with Gasteiger partial charge in [-0.1, -0.05) is 51.1 Å². The maximum Gasteiger partial charge on any atom is 0.105 e. The Morgan fingerprint density at radius 3 is 2.32 bits per heavy atom. The van der Waals surface area contributed by atoms with E-state index in [1.165, 1.54) is 0 Å². The molecule has 0 radical (unpaired) electrons. The highest BCUT2D eigenvalue weighted by molar-refractivity contribution is 5.25. The Bertz CT molecular complexity index is 423. The first-order valence-electron chi connectivity index (χ1n) is 7.23. The highest BCUT2D eigenvalue weighted by Gasteiger charge is 2.46. The van der Waals surface area contributed by atoms with Gasteiger partial charge in [0.1, 0.15) is 5.60 Å². The minimum Gasteiger partial charge on any atom is -0.384 e. The summed E-state index contributed by atoms with van der Waals surface area (Å²) in [6.07, 6.45) is 0.839. The normalized spacial score (nSPS) is 33.4. The Kier molecular flexibility index (Phi) is 3.76. The van der Waals surface area contributed by atoms with E-state index in [-0.39, 0.29) is 11.5 Å². The fraction of sp³-hybridized carbons (Fsp3) is 0.647. The van der Waals surface area contributed by atoms with E-state index < -0.39 is 5.60 Å². The Hall–Kier alpha value is -0.860. The lowest BCUT2D eigenvalue weighted by Gasteiger charge is -2.51. The van der Waals surface area contributed by atoms with Crippen molar-refractivity contribution >= 4 is 0 Å². The fourth-order valence-corrected chi connectivity index (χ4v) is 3.15. The van der Waals surface area contributed by atoms with Crippen molar-refractivity contribution in [2.75, 3.05) is 13.6 Å². The molecule has 0 aliphatic carbocycles. The number of benzene rings is 1. The van der Waals surface area contributed by atoms with Crippen LogP contribution in [-0.4, -0.2) is 29.6 Å². The molecule has 1 aromatic carbocycles. The van der Waals surface area contributed by atoms with Gasteiger partial charge < -0.3 is 10.0 Å². The zero-order valence-electron chi connectivity index (χ0n) is 12.9. The van der Waals surface area contributed by atoms with Gasteiger partial charge in [-0.2, -0.15) is 0 Å². The van der Waals surface area contributed by atoms with E-state index in [1.54, 1.807) is 0 Å². The maximum absolute atomic E-state index is 11.3. The van der Waals surface area contributed by atoms with E-state index in [4.69, 9.17) is 0 Å². The summed E-state index contributed by atoms with van der Waals surface area (Å²) in [5, 5.41) is 11.3. The summed E-state index contributed by atoms with van der Waals surface area (Å²) in [6, 6.07) is 10.3. The second-order valence-electron chi connectivity index (χ2n) is 7.17. The third-order valence-corrected chi connectivity index (χ3v) is 4.92. The molecule has 1 saturated heterocycles. The van der Waals surface area contributed by atoms with Gasteiger partial charge in [-0.25, -0.2) is 0 Å². The van der Waals surface area contributed by atoms with Crippen molar-refractivity contribution in [2.45, 2.75) is 45.8 Å². The molecule has 1 aliphatic rings. The predicted molar refractivity (Wildman–Crippen MR) is 80.0 cm³/mol. The van der Waals surface area contributed by atoms with Crippen molar-refractivity contribution in [2.24, 2.45) is 11.3 Å². The molecule has 0 aromatic heterocycles. The number of hydrogen-bond donors (Lipinski definition) is 1. The SMILES string of the molecule is C[C@H]1N(C)C[C@@H](C(C)(C)C)C[C@@]1(O)c1ccccc1. The van der Waals surface area contributed by atoms with E-state index in [0.29, 0.717) is 5.92 Å². The summed E-state index contributed by atoms with van der Waals surface area (Å²) in [5.74, 6) is 0.499. The molecule has 0 bridgehead atoms. The summed E-state index contributed by atoms with van der Waals surface area (Å²) in [5.41, 5.74) is 0.520. The Balaban J connectivity index is 2.37. The highest BCUT2D eigenvalue weighted by atomic mass is 16.3. The molecule has 0 amide bonds. The standard InChI is InChI=1S/C17H27NO/c1-13-17(19,14-9-7-6-8-10-14)11-15(12-18(13)5)16(2,3)4/h6-10,13,15,19H,11-12H2,1-5H3/t13-,15+,17+/m1/s1. The average molecular weight is 261 g/mol. The molecule has 1 N–H and O–H groups in total. The zero-order chi connectivity index (χ0) is 14.3. The van der Waals surface area contributed by atoms with Gasteiger partial charge in [0.2, 0.25) is 0 Å². The topological polar surface area (TPSA) is 23.5 Å². The lowest BCUT2D eigenvalue weighted by Crippen LogP contribution is -2.56. The van der Waals surface area contributed by atoms with Gasteiger partial charge in [0.05, 0.1) is 0 Å². The molecule has 19 heavy (non-hydrogen) atoms. The maximum atomic E-state index is 11.3. The van der Waals surface area contributed by atoms with Gasteiger partial charge in [0.15, 0.2) is 0 Å². The van der Waals surface area contributed by atoms with Gasteiger partial charge in [-0.05, 0) is 37.3 Å². The van der Waals surface area contributed by atoms with Crippen molar-refractivity contribution < 1.29 is 5.11 Å². The van der Waals surface area contributed by atoms with Crippen LogP contribution in [0.2, 0.25) is 0 Å². The largest absolute Gasteiger partial charge is 0.384 e. The first-order chi connectivity index (χ1) is 8.75. The lowest BCUT2D eigenvalue weighted by atomic mass is 9.67. The smallest absolute Gasteiger partial charge is 0.105 e. The van der Waals surface area contributed by atoms with E-state index in [9.17, 15) is 5.11 Å². The van der Waals surface area contributed by atoms with Gasteiger partial charge >= 0.3 is 0 Å². The summed E-state index contributed by atoms with van der Waals surface area (Å²) in [4.78, 5) is 2.30. The third-order valence-electron chi connectivity index (χ3n) is 4.92. The summed E-state index contributed by atoms with van der Waals surface area (Å²) in [7, 11) is 2.12. The van der Waals surface area contributed by atoms with Gasteiger partial charge in [-0.3, -0.25) is 0 Å². The molecule has 1 heterocycles. The minimum atomic E-state index is -0.744. The van der Waals surface area contributed by atoms with Crippen LogP contribution in [0, 0.1) is 11.3 Å². The summed E-state index contributed by atoms with van der Waals surface area (Å²) < 4.78 is 0. The number of rotatable bonds is 1. The van der Waals surface area contributed by atoms with E-state index in [0.717, 1.165) is 18.5 Å². The molecule has 0 saturated carbocycles. The summed E-state index contributed by atoms with van der Waals surface area (Å²) in [6.45, 7) is 10.00. The molecule has 1 aliphatic heterocycles. The van der Waals surface area contributed by atoms with Gasteiger partial charge in [0, 0.05) is 12.6 Å². The van der Waals surface area contributed by atoms with Crippen LogP contribution in [0.15, 0.2) is 30.3 Å². The monoisotopic (exact) mass is 261 g/mol. The van der Waals surface area contributed by atoms with Crippen molar-refractivity contribution in [1.82, 2.24) is 4.90 Å². The molecular weight excluding hydrogens is 234 g/mol. The molecule has 2 rings (SSSR count). The molecule has 106 valence electrons. The van der Waals surface area contributed by atoms with Crippen LogP contribution in [0.4, 0.5) is 0 Å². The van der Waals surface area contributed by atoms with Crippen molar-refractivity contribution in [3.05, 3.63) is 35.9 Å². The Morgan fingerprint density at radius 2 is 1.79 bits per heavy atom. The molecule has 1 aromatic rings. The third kappa shape index (κ3) is 2.70. The second kappa shape index (κ2) is 4.92. The van der Waals surface area contributed by atoms with Crippen LogP contribution in [-0.2, 0) is 5.60 Å². The number of hydrogen-bond acceptors (Lipinski definition) is 2. The van der Waals surface area contributed by atoms with E-state index in [1.807, 2.05) is 18.2 Å². The predicted octanol–water partition coefficient (Wildman–Crippen LogP) is 3.26. The van der Waals surface area contributed by atoms with Crippen LogP contribution in [0.5, 0.6) is 0 Å². The average Bonchev–Trinajstić information content (AvgIpc) is 2.35. The highest BCUT2D eigenvalue weighted by Crippen LogP contribution is 2.44.